The molecule has 1 aliphatic rings. The standard InChI is InChI=1S/C13H25O3P/c1-6-7-8-9-10-11-17(14)15-12(2,3)13(4,5)16-17/h9-10H,6-8,11H2,1-5H3. The van der Waals surface area contributed by atoms with Crippen molar-refractivity contribution in [1.29, 1.82) is 0 Å². The van der Waals surface area contributed by atoms with E-state index in [0.717, 1.165) is 6.42 Å². The fourth-order valence-electron chi connectivity index (χ4n) is 1.65. The van der Waals surface area contributed by atoms with E-state index < -0.39 is 18.8 Å². The molecule has 0 atom stereocenters. The number of hydrogen-bond acceptors (Lipinski definition) is 3. The molecule has 0 saturated carbocycles. The molecular formula is C13H25O3P. The van der Waals surface area contributed by atoms with Crippen LogP contribution in [-0.2, 0) is 13.6 Å². The van der Waals surface area contributed by atoms with Gasteiger partial charge in [-0.15, -0.1) is 0 Å². The van der Waals surface area contributed by atoms with Crippen molar-refractivity contribution in [3.05, 3.63) is 12.2 Å². The first-order valence-electron chi connectivity index (χ1n) is 6.38. The van der Waals surface area contributed by atoms with Crippen molar-refractivity contribution in [3.63, 3.8) is 0 Å². The summed E-state index contributed by atoms with van der Waals surface area (Å²) in [6, 6.07) is 0. The minimum absolute atomic E-state index is 0.379. The molecule has 1 saturated heterocycles. The normalized spacial score (nSPS) is 25.5. The van der Waals surface area contributed by atoms with Crippen molar-refractivity contribution >= 4 is 7.60 Å². The Morgan fingerprint density at radius 2 is 1.59 bits per heavy atom. The van der Waals surface area contributed by atoms with Gasteiger partial charge >= 0.3 is 7.60 Å². The van der Waals surface area contributed by atoms with Gasteiger partial charge in [0.05, 0.1) is 6.16 Å². The molecule has 3 nitrogen and oxygen atoms in total. The van der Waals surface area contributed by atoms with E-state index in [1.165, 1.54) is 12.8 Å². The Labute approximate surface area is 105 Å². The Bertz CT molecular complexity index is 312. The van der Waals surface area contributed by atoms with Crippen molar-refractivity contribution in [1.82, 2.24) is 0 Å². The average molecular weight is 260 g/mol. The van der Waals surface area contributed by atoms with Crippen LogP contribution in [0.15, 0.2) is 12.2 Å². The van der Waals surface area contributed by atoms with Gasteiger partial charge in [-0.05, 0) is 34.1 Å². The van der Waals surface area contributed by atoms with Crippen LogP contribution < -0.4 is 0 Å². The molecule has 0 aromatic heterocycles. The van der Waals surface area contributed by atoms with E-state index in [9.17, 15) is 4.57 Å². The fourth-order valence-corrected chi connectivity index (χ4v) is 4.08. The quantitative estimate of drug-likeness (QED) is 0.414. The maximum atomic E-state index is 12.4. The zero-order valence-electron chi connectivity index (χ0n) is 11.7. The van der Waals surface area contributed by atoms with Gasteiger partial charge in [0.25, 0.3) is 0 Å². The summed E-state index contributed by atoms with van der Waals surface area (Å²) in [6.45, 7) is 9.85. The second kappa shape index (κ2) is 5.26. The first-order valence-corrected chi connectivity index (χ1v) is 8.11. The van der Waals surface area contributed by atoms with E-state index in [0.29, 0.717) is 6.16 Å². The monoisotopic (exact) mass is 260 g/mol. The molecule has 17 heavy (non-hydrogen) atoms. The first-order chi connectivity index (χ1) is 7.72. The van der Waals surface area contributed by atoms with E-state index in [1.54, 1.807) is 0 Å². The van der Waals surface area contributed by atoms with Crippen molar-refractivity contribution in [2.24, 2.45) is 0 Å². The zero-order valence-corrected chi connectivity index (χ0v) is 12.5. The zero-order chi connectivity index (χ0) is 13.2. The molecule has 1 fully saturated rings. The molecule has 0 bridgehead atoms. The van der Waals surface area contributed by atoms with Crippen LogP contribution in [-0.4, -0.2) is 17.4 Å². The summed E-state index contributed by atoms with van der Waals surface area (Å²) in [5, 5.41) is 0. The van der Waals surface area contributed by atoms with Gasteiger partial charge in [0, 0.05) is 0 Å². The lowest BCUT2D eigenvalue weighted by molar-refractivity contribution is 0.00578. The lowest BCUT2D eigenvalue weighted by Gasteiger charge is -2.29. The summed E-state index contributed by atoms with van der Waals surface area (Å²) in [5.74, 6) is 0. The molecule has 0 radical (unpaired) electrons. The summed E-state index contributed by atoms with van der Waals surface area (Å²) >= 11 is 0. The second-order valence-corrected chi connectivity index (χ2v) is 7.56. The lowest BCUT2D eigenvalue weighted by atomic mass is 9.90. The molecule has 1 rings (SSSR count). The lowest BCUT2D eigenvalue weighted by Crippen LogP contribution is -2.41. The van der Waals surface area contributed by atoms with Crippen molar-refractivity contribution in [2.75, 3.05) is 6.16 Å². The molecule has 0 unspecified atom stereocenters. The fraction of sp³-hybridized carbons (Fsp3) is 0.846. The summed E-state index contributed by atoms with van der Waals surface area (Å²) in [4.78, 5) is 0. The Morgan fingerprint density at radius 1 is 1.06 bits per heavy atom. The van der Waals surface area contributed by atoms with E-state index in [4.69, 9.17) is 9.05 Å². The number of hydrogen-bond donors (Lipinski definition) is 0. The van der Waals surface area contributed by atoms with Crippen LogP contribution in [0.5, 0.6) is 0 Å². The minimum Gasteiger partial charge on any atom is -0.299 e. The van der Waals surface area contributed by atoms with Crippen LogP contribution in [0, 0.1) is 0 Å². The van der Waals surface area contributed by atoms with E-state index >= 15 is 0 Å². The van der Waals surface area contributed by atoms with E-state index in [1.807, 2.05) is 33.8 Å². The summed E-state index contributed by atoms with van der Waals surface area (Å²) < 4.78 is 23.7. The van der Waals surface area contributed by atoms with Crippen LogP contribution in [0.4, 0.5) is 0 Å². The Morgan fingerprint density at radius 3 is 2.06 bits per heavy atom. The Kier molecular flexibility index (Phi) is 4.62. The predicted octanol–water partition coefficient (Wildman–Crippen LogP) is 4.53. The molecule has 100 valence electrons. The Hall–Kier alpha value is -0.110. The molecule has 0 spiro atoms. The van der Waals surface area contributed by atoms with Gasteiger partial charge < -0.3 is 0 Å². The van der Waals surface area contributed by atoms with Crippen LogP contribution >= 0.6 is 7.60 Å². The number of rotatable bonds is 5. The Balaban J connectivity index is 2.56. The maximum Gasteiger partial charge on any atom is 0.335 e. The highest BCUT2D eigenvalue weighted by Crippen LogP contribution is 2.63. The molecule has 0 aromatic rings. The SMILES string of the molecule is CCCCC=CCP1(=O)OC(C)(C)C(C)(C)O1. The smallest absolute Gasteiger partial charge is 0.299 e. The summed E-state index contributed by atoms with van der Waals surface area (Å²) in [7, 11) is -2.95. The topological polar surface area (TPSA) is 35.5 Å². The van der Waals surface area contributed by atoms with Crippen molar-refractivity contribution in [3.8, 4) is 0 Å². The average Bonchev–Trinajstić information content (AvgIpc) is 2.30. The van der Waals surface area contributed by atoms with Crippen LogP contribution in [0.25, 0.3) is 0 Å². The van der Waals surface area contributed by atoms with Gasteiger partial charge in [0.1, 0.15) is 11.2 Å². The van der Waals surface area contributed by atoms with Gasteiger partial charge in [0.2, 0.25) is 0 Å². The molecule has 1 aliphatic heterocycles. The van der Waals surface area contributed by atoms with Gasteiger partial charge in [-0.1, -0.05) is 31.9 Å². The highest BCUT2D eigenvalue weighted by molar-refractivity contribution is 7.54. The van der Waals surface area contributed by atoms with Crippen LogP contribution in [0.3, 0.4) is 0 Å². The predicted molar refractivity (Wildman–Crippen MR) is 71.5 cm³/mol. The third-order valence-corrected chi connectivity index (χ3v) is 5.53. The van der Waals surface area contributed by atoms with Crippen molar-refractivity contribution < 1.29 is 13.6 Å². The third-order valence-electron chi connectivity index (χ3n) is 3.40. The molecule has 0 aromatic carbocycles. The molecule has 1 heterocycles. The minimum atomic E-state index is -2.95. The maximum absolute atomic E-state index is 12.4. The van der Waals surface area contributed by atoms with E-state index in [-0.39, 0.29) is 0 Å². The molecule has 0 aliphatic carbocycles. The number of unbranched alkanes of at least 4 members (excludes halogenated alkanes) is 2. The van der Waals surface area contributed by atoms with Gasteiger partial charge in [-0.2, -0.15) is 0 Å². The highest BCUT2D eigenvalue weighted by Gasteiger charge is 2.54. The summed E-state index contributed by atoms with van der Waals surface area (Å²) in [5.41, 5.74) is -1.00. The highest BCUT2D eigenvalue weighted by atomic mass is 31.2. The van der Waals surface area contributed by atoms with Crippen molar-refractivity contribution in [2.45, 2.75) is 65.1 Å². The molecule has 0 N–H and O–H groups in total. The second-order valence-electron chi connectivity index (χ2n) is 5.61. The van der Waals surface area contributed by atoms with E-state index in [2.05, 4.69) is 13.0 Å². The van der Waals surface area contributed by atoms with Crippen LogP contribution in [0.1, 0.15) is 53.9 Å². The largest absolute Gasteiger partial charge is 0.335 e. The van der Waals surface area contributed by atoms with Gasteiger partial charge in [0.15, 0.2) is 0 Å². The van der Waals surface area contributed by atoms with Gasteiger partial charge in [-0.25, -0.2) is 0 Å². The van der Waals surface area contributed by atoms with Gasteiger partial charge in [-0.3, -0.25) is 13.6 Å². The molecule has 4 heteroatoms. The number of allylic oxidation sites excluding steroid dienone is 2. The summed E-state index contributed by atoms with van der Waals surface area (Å²) in [6.07, 6.45) is 7.74. The third kappa shape index (κ3) is 3.67. The molecular weight excluding hydrogens is 235 g/mol. The molecule has 0 amide bonds. The van der Waals surface area contributed by atoms with Crippen LogP contribution in [0.2, 0.25) is 0 Å². The first kappa shape index (κ1) is 14.9.